The first-order chi connectivity index (χ1) is 12.3. The molecule has 1 aliphatic heterocycles. The normalized spacial score (nSPS) is 17.0. The Bertz CT molecular complexity index is 919. The van der Waals surface area contributed by atoms with Crippen molar-refractivity contribution in [1.82, 2.24) is 14.9 Å². The molecule has 0 bridgehead atoms. The molecule has 25 heavy (non-hydrogen) atoms. The molecule has 1 fully saturated rings. The summed E-state index contributed by atoms with van der Waals surface area (Å²) in [6, 6.07) is 13.9. The van der Waals surface area contributed by atoms with Crippen LogP contribution in [0.5, 0.6) is 0 Å². The molecule has 126 valence electrons. The minimum Gasteiger partial charge on any atom is -0.373 e. The number of carbonyl (C=O) groups excluding carboxylic acids is 1. The van der Waals surface area contributed by atoms with E-state index in [0.29, 0.717) is 5.69 Å². The van der Waals surface area contributed by atoms with Gasteiger partial charge in [-0.15, -0.1) is 0 Å². The summed E-state index contributed by atoms with van der Waals surface area (Å²) in [5, 5.41) is 5.01. The van der Waals surface area contributed by atoms with E-state index in [1.807, 2.05) is 54.4 Å². The van der Waals surface area contributed by atoms with Crippen molar-refractivity contribution in [3.8, 4) is 0 Å². The Balaban J connectivity index is 1.71. The molecular weight excluding hydrogens is 312 g/mol. The van der Waals surface area contributed by atoms with Crippen molar-refractivity contribution < 1.29 is 4.79 Å². The summed E-state index contributed by atoms with van der Waals surface area (Å²) in [6.45, 7) is 0.756. The van der Waals surface area contributed by atoms with Crippen LogP contribution in [-0.2, 0) is 0 Å². The van der Waals surface area contributed by atoms with Crippen molar-refractivity contribution >= 4 is 22.5 Å². The molecule has 3 aromatic rings. The summed E-state index contributed by atoms with van der Waals surface area (Å²) in [4.78, 5) is 23.8. The third kappa shape index (κ3) is 2.82. The first-order valence-electron chi connectivity index (χ1n) is 8.56. The Morgan fingerprint density at radius 2 is 2.00 bits per heavy atom. The highest BCUT2D eigenvalue weighted by molar-refractivity contribution is 6.05. The van der Waals surface area contributed by atoms with Crippen LogP contribution in [-0.4, -0.2) is 34.4 Å². The predicted octanol–water partition coefficient (Wildman–Crippen LogP) is 3.65. The van der Waals surface area contributed by atoms with E-state index in [2.05, 4.69) is 15.3 Å². The topological polar surface area (TPSA) is 58.1 Å². The lowest BCUT2D eigenvalue weighted by Gasteiger charge is -2.25. The Morgan fingerprint density at radius 1 is 1.16 bits per heavy atom. The van der Waals surface area contributed by atoms with Crippen LogP contribution in [0.25, 0.3) is 10.8 Å². The quantitative estimate of drug-likeness (QED) is 0.795. The van der Waals surface area contributed by atoms with Gasteiger partial charge in [0, 0.05) is 31.4 Å². The van der Waals surface area contributed by atoms with E-state index in [9.17, 15) is 4.79 Å². The zero-order valence-corrected chi connectivity index (χ0v) is 14.1. The molecule has 5 heteroatoms. The molecule has 0 unspecified atom stereocenters. The summed E-state index contributed by atoms with van der Waals surface area (Å²) in [5.74, 6) is 0.821. The first kappa shape index (κ1) is 15.6. The Hall–Kier alpha value is -2.95. The predicted molar refractivity (Wildman–Crippen MR) is 98.5 cm³/mol. The minimum atomic E-state index is 0.00196. The highest BCUT2D eigenvalue weighted by Crippen LogP contribution is 2.34. The molecule has 4 rings (SSSR count). The summed E-state index contributed by atoms with van der Waals surface area (Å²) in [6.07, 6.45) is 5.46. The highest BCUT2D eigenvalue weighted by atomic mass is 16.2. The number of aromatic nitrogens is 2. The largest absolute Gasteiger partial charge is 0.373 e. The van der Waals surface area contributed by atoms with Crippen LogP contribution in [0.1, 0.15) is 34.9 Å². The van der Waals surface area contributed by atoms with Crippen molar-refractivity contribution in [3.05, 3.63) is 66.1 Å². The third-order valence-corrected chi connectivity index (χ3v) is 4.81. The Labute approximate surface area is 146 Å². The van der Waals surface area contributed by atoms with Crippen LogP contribution < -0.4 is 5.32 Å². The van der Waals surface area contributed by atoms with Gasteiger partial charge in [0.15, 0.2) is 0 Å². The number of carbonyl (C=O) groups is 1. The number of amides is 1. The van der Waals surface area contributed by atoms with Gasteiger partial charge in [-0.25, -0.2) is 4.98 Å². The number of fused-ring (bicyclic) bond motifs is 1. The van der Waals surface area contributed by atoms with E-state index >= 15 is 0 Å². The monoisotopic (exact) mass is 332 g/mol. The standard InChI is InChI=1S/C20H20N4O/c1-21-18-13-15(9-10-22-18)17-7-4-12-24(17)20(25)19-16-6-3-2-5-14(16)8-11-23-19/h2-3,5-6,8-11,13,17H,4,7,12H2,1H3,(H,21,22)/t17-/m0/s1. The summed E-state index contributed by atoms with van der Waals surface area (Å²) < 4.78 is 0. The maximum atomic E-state index is 13.2. The smallest absolute Gasteiger partial charge is 0.273 e. The van der Waals surface area contributed by atoms with Crippen molar-refractivity contribution in [2.75, 3.05) is 18.9 Å². The SMILES string of the molecule is CNc1cc([C@@H]2CCCN2C(=O)c2nccc3ccccc23)ccn1. The van der Waals surface area contributed by atoms with Crippen LogP contribution in [0, 0.1) is 0 Å². The summed E-state index contributed by atoms with van der Waals surface area (Å²) in [7, 11) is 1.85. The molecule has 5 nitrogen and oxygen atoms in total. The lowest BCUT2D eigenvalue weighted by molar-refractivity contribution is 0.0732. The number of nitrogens with zero attached hydrogens (tertiary/aromatic N) is 3. The zero-order valence-electron chi connectivity index (χ0n) is 14.1. The van der Waals surface area contributed by atoms with Gasteiger partial charge >= 0.3 is 0 Å². The summed E-state index contributed by atoms with van der Waals surface area (Å²) in [5.41, 5.74) is 1.65. The number of benzene rings is 1. The van der Waals surface area contributed by atoms with Crippen LogP contribution in [0.4, 0.5) is 5.82 Å². The second kappa shape index (κ2) is 6.51. The van der Waals surface area contributed by atoms with E-state index < -0.39 is 0 Å². The first-order valence-corrected chi connectivity index (χ1v) is 8.56. The van der Waals surface area contributed by atoms with Gasteiger partial charge in [-0.3, -0.25) is 9.78 Å². The van der Waals surface area contributed by atoms with Gasteiger partial charge in [-0.2, -0.15) is 0 Å². The number of anilines is 1. The maximum Gasteiger partial charge on any atom is 0.273 e. The van der Waals surface area contributed by atoms with Gasteiger partial charge in [0.1, 0.15) is 11.5 Å². The number of pyridine rings is 2. The average Bonchev–Trinajstić information content (AvgIpc) is 3.17. The van der Waals surface area contributed by atoms with Crippen molar-refractivity contribution in [3.63, 3.8) is 0 Å². The van der Waals surface area contributed by atoms with E-state index in [0.717, 1.165) is 41.5 Å². The lowest BCUT2D eigenvalue weighted by atomic mass is 10.0. The number of hydrogen-bond donors (Lipinski definition) is 1. The van der Waals surface area contributed by atoms with Gasteiger partial charge in [0.05, 0.1) is 6.04 Å². The number of nitrogens with one attached hydrogen (secondary N) is 1. The average molecular weight is 332 g/mol. The molecule has 3 heterocycles. The van der Waals surface area contributed by atoms with Crippen LogP contribution in [0.2, 0.25) is 0 Å². The zero-order chi connectivity index (χ0) is 17.2. The Morgan fingerprint density at radius 3 is 2.88 bits per heavy atom. The van der Waals surface area contributed by atoms with E-state index in [1.54, 1.807) is 12.4 Å². The third-order valence-electron chi connectivity index (χ3n) is 4.81. The molecule has 0 radical (unpaired) electrons. The Kier molecular flexibility index (Phi) is 4.06. The molecule has 1 aromatic carbocycles. The highest BCUT2D eigenvalue weighted by Gasteiger charge is 2.32. The molecule has 1 saturated heterocycles. The second-order valence-electron chi connectivity index (χ2n) is 6.26. The lowest BCUT2D eigenvalue weighted by Crippen LogP contribution is -2.31. The van der Waals surface area contributed by atoms with E-state index in [-0.39, 0.29) is 11.9 Å². The fraction of sp³-hybridized carbons (Fsp3) is 0.250. The van der Waals surface area contributed by atoms with Crippen molar-refractivity contribution in [1.29, 1.82) is 0 Å². The molecule has 1 atom stereocenters. The number of rotatable bonds is 3. The number of hydrogen-bond acceptors (Lipinski definition) is 4. The fourth-order valence-corrected chi connectivity index (χ4v) is 3.57. The van der Waals surface area contributed by atoms with Crippen molar-refractivity contribution in [2.24, 2.45) is 0 Å². The molecule has 1 N–H and O–H groups in total. The molecular formula is C20H20N4O. The minimum absolute atomic E-state index is 0.00196. The van der Waals surface area contributed by atoms with Crippen LogP contribution >= 0.6 is 0 Å². The molecule has 1 aliphatic rings. The van der Waals surface area contributed by atoms with Crippen LogP contribution in [0.15, 0.2) is 54.9 Å². The van der Waals surface area contributed by atoms with Gasteiger partial charge < -0.3 is 10.2 Å². The van der Waals surface area contributed by atoms with Gasteiger partial charge in [-0.1, -0.05) is 24.3 Å². The van der Waals surface area contributed by atoms with E-state index in [1.165, 1.54) is 0 Å². The summed E-state index contributed by atoms with van der Waals surface area (Å²) >= 11 is 0. The fourth-order valence-electron chi connectivity index (χ4n) is 3.57. The molecule has 0 aliphatic carbocycles. The number of likely N-dealkylation sites (tertiary alicyclic amines) is 1. The van der Waals surface area contributed by atoms with Gasteiger partial charge in [-0.05, 0) is 42.0 Å². The molecule has 1 amide bonds. The maximum absolute atomic E-state index is 13.2. The van der Waals surface area contributed by atoms with Gasteiger partial charge in [0.2, 0.25) is 0 Å². The van der Waals surface area contributed by atoms with E-state index in [4.69, 9.17) is 0 Å². The second-order valence-corrected chi connectivity index (χ2v) is 6.26. The van der Waals surface area contributed by atoms with Gasteiger partial charge in [0.25, 0.3) is 5.91 Å². The molecule has 0 saturated carbocycles. The molecule has 0 spiro atoms. The van der Waals surface area contributed by atoms with Crippen LogP contribution in [0.3, 0.4) is 0 Å². The van der Waals surface area contributed by atoms with Crippen molar-refractivity contribution in [2.45, 2.75) is 18.9 Å². The molecule has 2 aromatic heterocycles.